The summed E-state index contributed by atoms with van der Waals surface area (Å²) < 4.78 is 11.2. The third-order valence-corrected chi connectivity index (χ3v) is 6.28. The molecular weight excluding hydrogens is 424 g/mol. The zero-order chi connectivity index (χ0) is 24.4. The minimum atomic E-state index is -0.187. The normalized spacial score (nSPS) is 11.9. The Balaban J connectivity index is 1.63. The van der Waals surface area contributed by atoms with Gasteiger partial charge >= 0.3 is 5.97 Å². The Labute approximate surface area is 206 Å². The summed E-state index contributed by atoms with van der Waals surface area (Å²) in [6, 6.07) is 7.32. The molecular formula is C29H44N2O3. The van der Waals surface area contributed by atoms with Crippen LogP contribution in [0.1, 0.15) is 104 Å². The minimum Gasteiger partial charge on any atom is -0.490 e. The molecule has 1 aromatic heterocycles. The Kier molecular flexibility index (Phi) is 14.0. The van der Waals surface area contributed by atoms with Crippen molar-refractivity contribution in [1.82, 2.24) is 9.97 Å². The first-order chi connectivity index (χ1) is 16.6. The second-order valence-corrected chi connectivity index (χ2v) is 9.32. The third-order valence-electron chi connectivity index (χ3n) is 6.28. The van der Waals surface area contributed by atoms with Crippen LogP contribution in [-0.2, 0) is 4.79 Å². The van der Waals surface area contributed by atoms with E-state index in [9.17, 15) is 4.79 Å². The van der Waals surface area contributed by atoms with Crippen LogP contribution in [0.2, 0.25) is 0 Å². The number of carbonyl (C=O) groups excluding carboxylic acids is 1. The van der Waals surface area contributed by atoms with E-state index in [1.807, 2.05) is 12.1 Å². The molecule has 188 valence electrons. The molecule has 34 heavy (non-hydrogen) atoms. The number of ether oxygens (including phenoxy) is 2. The molecule has 0 amide bonds. The molecule has 0 aliphatic heterocycles. The molecule has 1 atom stereocenters. The molecule has 0 fully saturated rings. The second-order valence-electron chi connectivity index (χ2n) is 9.32. The highest BCUT2D eigenvalue weighted by atomic mass is 16.5. The summed E-state index contributed by atoms with van der Waals surface area (Å²) >= 11 is 0. The molecule has 5 heteroatoms. The SMILES string of the molecule is CCCCCCCCCCCCOc1cnc(-c2ccc(OC(=O)CCC(C)CC)cc2)nc1. The molecule has 0 spiro atoms. The molecule has 1 aromatic carbocycles. The highest BCUT2D eigenvalue weighted by molar-refractivity contribution is 5.72. The van der Waals surface area contributed by atoms with Gasteiger partial charge in [0.05, 0.1) is 19.0 Å². The van der Waals surface area contributed by atoms with Crippen LogP contribution < -0.4 is 9.47 Å². The van der Waals surface area contributed by atoms with E-state index in [0.29, 0.717) is 36.3 Å². The van der Waals surface area contributed by atoms with E-state index < -0.39 is 0 Å². The third kappa shape index (κ3) is 11.6. The number of unbranched alkanes of at least 4 members (excludes halogenated alkanes) is 9. The van der Waals surface area contributed by atoms with Gasteiger partial charge in [-0.3, -0.25) is 4.79 Å². The summed E-state index contributed by atoms with van der Waals surface area (Å²) in [5.41, 5.74) is 0.876. The molecule has 1 heterocycles. The number of nitrogens with zero attached hydrogens (tertiary/aromatic N) is 2. The van der Waals surface area contributed by atoms with Crippen molar-refractivity contribution in [3.8, 4) is 22.9 Å². The van der Waals surface area contributed by atoms with Gasteiger partial charge in [-0.1, -0.05) is 85.0 Å². The maximum absolute atomic E-state index is 12.0. The average molecular weight is 469 g/mol. The summed E-state index contributed by atoms with van der Waals surface area (Å²) in [4.78, 5) is 20.8. The van der Waals surface area contributed by atoms with E-state index in [0.717, 1.165) is 24.8 Å². The quantitative estimate of drug-likeness (QED) is 0.125. The lowest BCUT2D eigenvalue weighted by Gasteiger charge is -2.09. The minimum absolute atomic E-state index is 0.187. The lowest BCUT2D eigenvalue weighted by Crippen LogP contribution is -2.09. The van der Waals surface area contributed by atoms with Crippen molar-refractivity contribution >= 4 is 5.97 Å². The van der Waals surface area contributed by atoms with E-state index in [4.69, 9.17) is 9.47 Å². The Bertz CT molecular complexity index is 790. The molecule has 5 nitrogen and oxygen atoms in total. The first-order valence-corrected chi connectivity index (χ1v) is 13.4. The summed E-state index contributed by atoms with van der Waals surface area (Å²) in [7, 11) is 0. The van der Waals surface area contributed by atoms with Crippen LogP contribution in [0.3, 0.4) is 0 Å². The fraction of sp³-hybridized carbons (Fsp3) is 0.621. The van der Waals surface area contributed by atoms with Gasteiger partial charge in [0.2, 0.25) is 0 Å². The molecule has 0 aliphatic rings. The fourth-order valence-corrected chi connectivity index (χ4v) is 3.74. The number of rotatable bonds is 18. The molecule has 2 rings (SSSR count). The van der Waals surface area contributed by atoms with Gasteiger partial charge in [-0.2, -0.15) is 0 Å². The average Bonchev–Trinajstić information content (AvgIpc) is 2.86. The molecule has 0 N–H and O–H groups in total. The molecule has 0 saturated heterocycles. The summed E-state index contributed by atoms with van der Waals surface area (Å²) in [5, 5.41) is 0. The standard InChI is InChI=1S/C29H44N2O3/c1-4-6-7-8-9-10-11-12-13-14-21-33-27-22-30-29(31-23-27)25-16-18-26(19-17-25)34-28(32)20-15-24(3)5-2/h16-19,22-24H,4-15,20-21H2,1-3H3. The van der Waals surface area contributed by atoms with Crippen LogP contribution in [0.4, 0.5) is 0 Å². The Morgan fingerprint density at radius 2 is 1.41 bits per heavy atom. The van der Waals surface area contributed by atoms with Crippen molar-refractivity contribution in [2.45, 2.75) is 104 Å². The van der Waals surface area contributed by atoms with Crippen molar-refractivity contribution in [3.05, 3.63) is 36.7 Å². The van der Waals surface area contributed by atoms with Gasteiger partial charge in [0.1, 0.15) is 5.75 Å². The van der Waals surface area contributed by atoms with Crippen LogP contribution in [0, 0.1) is 5.92 Å². The Morgan fingerprint density at radius 1 is 0.824 bits per heavy atom. The maximum Gasteiger partial charge on any atom is 0.311 e. The lowest BCUT2D eigenvalue weighted by atomic mass is 10.0. The van der Waals surface area contributed by atoms with Crippen molar-refractivity contribution in [1.29, 1.82) is 0 Å². The number of esters is 1. The first-order valence-electron chi connectivity index (χ1n) is 13.4. The van der Waals surface area contributed by atoms with Crippen LogP contribution >= 0.6 is 0 Å². The zero-order valence-electron chi connectivity index (χ0n) is 21.6. The molecule has 0 aliphatic carbocycles. The highest BCUT2D eigenvalue weighted by Crippen LogP contribution is 2.21. The van der Waals surface area contributed by atoms with Crippen molar-refractivity contribution in [3.63, 3.8) is 0 Å². The van der Waals surface area contributed by atoms with Gasteiger partial charge in [-0.25, -0.2) is 9.97 Å². The van der Waals surface area contributed by atoms with Crippen molar-refractivity contribution in [2.24, 2.45) is 5.92 Å². The fourth-order valence-electron chi connectivity index (χ4n) is 3.74. The number of hydrogen-bond donors (Lipinski definition) is 0. The molecule has 0 saturated carbocycles. The zero-order valence-corrected chi connectivity index (χ0v) is 21.6. The van der Waals surface area contributed by atoms with Gasteiger partial charge < -0.3 is 9.47 Å². The van der Waals surface area contributed by atoms with Gasteiger partial charge in [0.15, 0.2) is 11.6 Å². The summed E-state index contributed by atoms with van der Waals surface area (Å²) in [6.07, 6.45) is 18.9. The number of hydrogen-bond acceptors (Lipinski definition) is 5. The summed E-state index contributed by atoms with van der Waals surface area (Å²) in [6.45, 7) is 7.25. The van der Waals surface area contributed by atoms with Gasteiger partial charge in [0, 0.05) is 12.0 Å². The van der Waals surface area contributed by atoms with Gasteiger partial charge in [0.25, 0.3) is 0 Å². The Hall–Kier alpha value is -2.43. The summed E-state index contributed by atoms with van der Waals surface area (Å²) in [5.74, 6) is 2.23. The largest absolute Gasteiger partial charge is 0.490 e. The van der Waals surface area contributed by atoms with Crippen LogP contribution in [0.25, 0.3) is 11.4 Å². The number of aromatic nitrogens is 2. The van der Waals surface area contributed by atoms with E-state index >= 15 is 0 Å². The van der Waals surface area contributed by atoms with E-state index in [1.54, 1.807) is 24.5 Å². The van der Waals surface area contributed by atoms with Crippen molar-refractivity contribution in [2.75, 3.05) is 6.61 Å². The lowest BCUT2D eigenvalue weighted by molar-refractivity contribution is -0.134. The van der Waals surface area contributed by atoms with E-state index in [1.165, 1.54) is 57.8 Å². The topological polar surface area (TPSA) is 61.3 Å². The molecule has 0 radical (unpaired) electrons. The smallest absolute Gasteiger partial charge is 0.311 e. The van der Waals surface area contributed by atoms with Gasteiger partial charge in [-0.15, -0.1) is 0 Å². The van der Waals surface area contributed by atoms with Crippen LogP contribution in [0.15, 0.2) is 36.7 Å². The molecule has 0 bridgehead atoms. The number of carbonyl (C=O) groups is 1. The predicted octanol–water partition coefficient (Wildman–Crippen LogP) is 8.18. The predicted molar refractivity (Wildman–Crippen MR) is 139 cm³/mol. The second kappa shape index (κ2) is 17.1. The highest BCUT2D eigenvalue weighted by Gasteiger charge is 2.09. The monoisotopic (exact) mass is 468 g/mol. The van der Waals surface area contributed by atoms with E-state index in [-0.39, 0.29) is 5.97 Å². The van der Waals surface area contributed by atoms with E-state index in [2.05, 4.69) is 30.7 Å². The molecule has 2 aromatic rings. The maximum atomic E-state index is 12.0. The van der Waals surface area contributed by atoms with Crippen LogP contribution in [0.5, 0.6) is 11.5 Å². The molecule has 1 unspecified atom stereocenters. The first kappa shape index (κ1) is 27.8. The van der Waals surface area contributed by atoms with Crippen LogP contribution in [-0.4, -0.2) is 22.5 Å². The number of benzene rings is 1. The Morgan fingerprint density at radius 3 is 2.00 bits per heavy atom. The van der Waals surface area contributed by atoms with Gasteiger partial charge in [-0.05, 0) is 43.0 Å². The van der Waals surface area contributed by atoms with Crippen molar-refractivity contribution < 1.29 is 14.3 Å².